The van der Waals surface area contributed by atoms with Crippen LogP contribution in [0, 0.1) is 0 Å². The first-order valence-corrected chi connectivity index (χ1v) is 5.12. The third-order valence-electron chi connectivity index (χ3n) is 2.23. The highest BCUT2D eigenvalue weighted by Gasteiger charge is 2.12. The van der Waals surface area contributed by atoms with Crippen LogP contribution >= 0.6 is 12.2 Å². The molecule has 0 aromatic heterocycles. The standard InChI is InChI=1S/C10H12N4S/c11-10(15)14-13-9-8-4-2-1-3-7(8)5-6-12-9/h1-4H,5-6H2,(H,12,13)(H3,11,14,15). The smallest absolute Gasteiger partial charge is 0.182 e. The fourth-order valence-corrected chi connectivity index (χ4v) is 1.62. The SMILES string of the molecule is NC(=S)NNC1=NCCc2ccccc21. The monoisotopic (exact) mass is 220 g/mol. The van der Waals surface area contributed by atoms with E-state index in [2.05, 4.69) is 21.9 Å². The van der Waals surface area contributed by atoms with Gasteiger partial charge in [0, 0.05) is 12.1 Å². The molecule has 1 aliphatic heterocycles. The Morgan fingerprint density at radius 1 is 1.40 bits per heavy atom. The number of aliphatic imine (C=N–C) groups is 1. The Morgan fingerprint density at radius 3 is 3.00 bits per heavy atom. The molecule has 0 bridgehead atoms. The summed E-state index contributed by atoms with van der Waals surface area (Å²) in [5.74, 6) is 0.796. The molecule has 2 rings (SSSR count). The van der Waals surface area contributed by atoms with E-state index in [1.54, 1.807) is 0 Å². The van der Waals surface area contributed by atoms with Crippen molar-refractivity contribution in [3.8, 4) is 0 Å². The van der Waals surface area contributed by atoms with Gasteiger partial charge < -0.3 is 5.73 Å². The molecule has 0 unspecified atom stereocenters. The van der Waals surface area contributed by atoms with Crippen LogP contribution in [0.2, 0.25) is 0 Å². The lowest BCUT2D eigenvalue weighted by atomic mass is 10.0. The van der Waals surface area contributed by atoms with Crippen LogP contribution in [0.25, 0.3) is 0 Å². The summed E-state index contributed by atoms with van der Waals surface area (Å²) in [6.07, 6.45) is 0.981. The minimum absolute atomic E-state index is 0.209. The Hall–Kier alpha value is -1.62. The van der Waals surface area contributed by atoms with E-state index in [0.717, 1.165) is 24.4 Å². The molecule has 0 atom stereocenters. The topological polar surface area (TPSA) is 62.4 Å². The van der Waals surface area contributed by atoms with Crippen LogP contribution in [0.15, 0.2) is 29.3 Å². The molecule has 1 aromatic carbocycles. The Balaban J connectivity index is 2.19. The summed E-state index contributed by atoms with van der Waals surface area (Å²) in [6.45, 7) is 0.790. The van der Waals surface area contributed by atoms with Gasteiger partial charge in [-0.05, 0) is 24.2 Å². The summed E-state index contributed by atoms with van der Waals surface area (Å²) in [7, 11) is 0. The van der Waals surface area contributed by atoms with Crippen molar-refractivity contribution in [2.24, 2.45) is 10.7 Å². The first-order valence-electron chi connectivity index (χ1n) is 4.71. The van der Waals surface area contributed by atoms with Crippen molar-refractivity contribution in [2.45, 2.75) is 6.42 Å². The number of nitrogens with two attached hydrogens (primary N) is 1. The quantitative estimate of drug-likeness (QED) is 0.435. The van der Waals surface area contributed by atoms with Gasteiger partial charge in [-0.15, -0.1) is 0 Å². The van der Waals surface area contributed by atoms with Crippen LogP contribution in [0.5, 0.6) is 0 Å². The predicted octanol–water partition coefficient (Wildman–Crippen LogP) is 0.327. The van der Waals surface area contributed by atoms with Crippen LogP contribution in [0.3, 0.4) is 0 Å². The molecule has 0 spiro atoms. The maximum atomic E-state index is 5.33. The molecule has 4 N–H and O–H groups in total. The fourth-order valence-electron chi connectivity index (χ4n) is 1.57. The van der Waals surface area contributed by atoms with Gasteiger partial charge in [-0.1, -0.05) is 24.3 Å². The van der Waals surface area contributed by atoms with E-state index in [1.807, 2.05) is 18.2 Å². The van der Waals surface area contributed by atoms with E-state index in [9.17, 15) is 0 Å². The van der Waals surface area contributed by atoms with Crippen LogP contribution < -0.4 is 16.6 Å². The Kier molecular flexibility index (Phi) is 2.82. The van der Waals surface area contributed by atoms with Gasteiger partial charge >= 0.3 is 0 Å². The summed E-state index contributed by atoms with van der Waals surface area (Å²) >= 11 is 4.71. The van der Waals surface area contributed by atoms with E-state index in [0.29, 0.717) is 0 Å². The number of hydrogen-bond acceptors (Lipinski definition) is 3. The lowest BCUT2D eigenvalue weighted by Gasteiger charge is -2.18. The van der Waals surface area contributed by atoms with Gasteiger partial charge in [0.25, 0.3) is 0 Å². The number of fused-ring (bicyclic) bond motifs is 1. The van der Waals surface area contributed by atoms with Gasteiger partial charge in [0.15, 0.2) is 5.11 Å². The number of nitrogens with one attached hydrogen (secondary N) is 2. The number of amidine groups is 1. The molecule has 78 valence electrons. The molecule has 0 fully saturated rings. The Morgan fingerprint density at radius 2 is 2.20 bits per heavy atom. The number of thiocarbonyl (C=S) groups is 1. The van der Waals surface area contributed by atoms with Crippen LogP contribution in [-0.4, -0.2) is 17.5 Å². The van der Waals surface area contributed by atoms with Crippen molar-refractivity contribution >= 4 is 23.2 Å². The number of hydrogen-bond donors (Lipinski definition) is 3. The van der Waals surface area contributed by atoms with E-state index in [-0.39, 0.29) is 5.11 Å². The summed E-state index contributed by atoms with van der Waals surface area (Å²) in [4.78, 5) is 4.37. The third-order valence-corrected chi connectivity index (χ3v) is 2.33. The first kappa shape index (κ1) is 9.92. The highest BCUT2D eigenvalue weighted by Crippen LogP contribution is 2.13. The normalized spacial score (nSPS) is 13.7. The second-order valence-corrected chi connectivity index (χ2v) is 3.69. The molecule has 0 aliphatic carbocycles. The Labute approximate surface area is 93.5 Å². The van der Waals surface area contributed by atoms with Crippen molar-refractivity contribution in [1.29, 1.82) is 0 Å². The molecule has 4 nitrogen and oxygen atoms in total. The van der Waals surface area contributed by atoms with E-state index in [1.165, 1.54) is 5.56 Å². The van der Waals surface area contributed by atoms with Gasteiger partial charge in [-0.25, -0.2) is 0 Å². The second-order valence-electron chi connectivity index (χ2n) is 3.25. The van der Waals surface area contributed by atoms with E-state index < -0.39 is 0 Å². The fraction of sp³-hybridized carbons (Fsp3) is 0.200. The average molecular weight is 220 g/mol. The van der Waals surface area contributed by atoms with Gasteiger partial charge in [0.1, 0.15) is 5.84 Å². The molecule has 1 aliphatic rings. The molecule has 1 heterocycles. The van der Waals surface area contributed by atoms with Crippen LogP contribution in [0.1, 0.15) is 11.1 Å². The molecule has 0 saturated heterocycles. The van der Waals surface area contributed by atoms with Crippen molar-refractivity contribution in [3.05, 3.63) is 35.4 Å². The zero-order valence-corrected chi connectivity index (χ0v) is 8.97. The van der Waals surface area contributed by atoms with Crippen molar-refractivity contribution in [1.82, 2.24) is 10.9 Å². The highest BCUT2D eigenvalue weighted by atomic mass is 32.1. The molecule has 15 heavy (non-hydrogen) atoms. The second kappa shape index (κ2) is 4.27. The van der Waals surface area contributed by atoms with E-state index >= 15 is 0 Å². The minimum atomic E-state index is 0.209. The van der Waals surface area contributed by atoms with Crippen LogP contribution in [0.4, 0.5) is 0 Å². The summed E-state index contributed by atoms with van der Waals surface area (Å²) in [5.41, 5.74) is 13.3. The lowest BCUT2D eigenvalue weighted by molar-refractivity contribution is 0.833. The summed E-state index contributed by atoms with van der Waals surface area (Å²) in [6, 6.07) is 8.15. The molecule has 0 saturated carbocycles. The summed E-state index contributed by atoms with van der Waals surface area (Å²) < 4.78 is 0. The predicted molar refractivity (Wildman–Crippen MR) is 64.6 cm³/mol. The molecule has 5 heteroatoms. The van der Waals surface area contributed by atoms with Crippen molar-refractivity contribution in [2.75, 3.05) is 6.54 Å². The number of nitrogens with zero attached hydrogens (tertiary/aromatic N) is 1. The number of hydrazine groups is 1. The van der Waals surface area contributed by atoms with Crippen LogP contribution in [-0.2, 0) is 6.42 Å². The minimum Gasteiger partial charge on any atom is -0.375 e. The zero-order chi connectivity index (χ0) is 10.7. The third kappa shape index (κ3) is 2.24. The number of benzene rings is 1. The van der Waals surface area contributed by atoms with E-state index in [4.69, 9.17) is 18.0 Å². The Bertz CT molecular complexity index is 414. The largest absolute Gasteiger partial charge is 0.375 e. The number of rotatable bonds is 0. The highest BCUT2D eigenvalue weighted by molar-refractivity contribution is 7.80. The van der Waals surface area contributed by atoms with Gasteiger partial charge in [-0.2, -0.15) is 0 Å². The maximum absolute atomic E-state index is 5.33. The first-order chi connectivity index (χ1) is 7.27. The van der Waals surface area contributed by atoms with Gasteiger partial charge in [0.2, 0.25) is 0 Å². The molecule has 0 amide bonds. The van der Waals surface area contributed by atoms with Crippen molar-refractivity contribution in [3.63, 3.8) is 0 Å². The zero-order valence-electron chi connectivity index (χ0n) is 8.16. The van der Waals surface area contributed by atoms with Gasteiger partial charge in [0.05, 0.1) is 0 Å². The van der Waals surface area contributed by atoms with Crippen molar-refractivity contribution < 1.29 is 0 Å². The molecular formula is C10H12N4S. The van der Waals surface area contributed by atoms with Gasteiger partial charge in [-0.3, -0.25) is 15.8 Å². The maximum Gasteiger partial charge on any atom is 0.182 e. The molecule has 0 radical (unpaired) electrons. The average Bonchev–Trinajstić information content (AvgIpc) is 2.26. The molecular weight excluding hydrogens is 208 g/mol. The lowest BCUT2D eigenvalue weighted by Crippen LogP contribution is -2.45. The molecule has 1 aromatic rings. The summed E-state index contributed by atoms with van der Waals surface area (Å²) in [5, 5.41) is 0.209.